The number of hydrogen-bond acceptors (Lipinski definition) is 5. The van der Waals surface area contributed by atoms with Gasteiger partial charge in [-0.1, -0.05) is 6.07 Å². The molecule has 128 valence electrons. The maximum Gasteiger partial charge on any atom is 0.281 e. The number of fused-ring (bicyclic) bond motifs is 1. The molecule has 0 saturated heterocycles. The van der Waals surface area contributed by atoms with Crippen molar-refractivity contribution >= 4 is 17.2 Å². The van der Waals surface area contributed by atoms with Crippen molar-refractivity contribution in [3.8, 4) is 11.5 Å². The third-order valence-electron chi connectivity index (χ3n) is 3.74. The van der Waals surface area contributed by atoms with E-state index in [1.807, 2.05) is 13.0 Å². The lowest BCUT2D eigenvalue weighted by Gasteiger charge is -2.10. The molecule has 25 heavy (non-hydrogen) atoms. The van der Waals surface area contributed by atoms with Crippen LogP contribution in [0, 0.1) is 6.92 Å². The van der Waals surface area contributed by atoms with E-state index in [0.29, 0.717) is 22.7 Å². The molecule has 0 radical (unpaired) electrons. The highest BCUT2D eigenvalue weighted by Crippen LogP contribution is 2.27. The zero-order chi connectivity index (χ0) is 18.0. The number of ether oxygens (including phenoxy) is 2. The molecule has 0 unspecified atom stereocenters. The summed E-state index contributed by atoms with van der Waals surface area (Å²) in [6.45, 7) is 1.88. The largest absolute Gasteiger partial charge is 0.493 e. The van der Waals surface area contributed by atoms with Gasteiger partial charge in [-0.05, 0) is 36.8 Å². The second-order valence-electron chi connectivity index (χ2n) is 5.44. The van der Waals surface area contributed by atoms with Gasteiger partial charge in [0, 0.05) is 11.8 Å². The molecule has 7 nitrogen and oxygen atoms in total. The van der Waals surface area contributed by atoms with Gasteiger partial charge in [0.2, 0.25) is 0 Å². The van der Waals surface area contributed by atoms with Gasteiger partial charge in [-0.15, -0.1) is 0 Å². The number of aryl methyl sites for hydroxylation is 1. The molecule has 3 aromatic rings. The van der Waals surface area contributed by atoms with Gasteiger partial charge in [0.05, 0.1) is 20.4 Å². The molecule has 1 aromatic carbocycles. The van der Waals surface area contributed by atoms with Crippen molar-refractivity contribution in [2.45, 2.75) is 6.92 Å². The predicted octanol–water partition coefficient (Wildman–Crippen LogP) is 2.27. The van der Waals surface area contributed by atoms with E-state index in [1.54, 1.807) is 30.5 Å². The Morgan fingerprint density at radius 2 is 1.88 bits per heavy atom. The molecule has 0 aliphatic rings. The number of hydrogen-bond donors (Lipinski definition) is 1. The van der Waals surface area contributed by atoms with Gasteiger partial charge in [0.1, 0.15) is 11.3 Å². The highest BCUT2D eigenvalue weighted by Gasteiger charge is 2.13. The van der Waals surface area contributed by atoms with Gasteiger partial charge in [0.15, 0.2) is 11.5 Å². The second-order valence-corrected chi connectivity index (χ2v) is 5.44. The SMILES string of the molecule is COc1ccc(C(=O)Nc2cnc3ccc(C)cn3c2=O)cc1OC. The van der Waals surface area contributed by atoms with Crippen molar-refractivity contribution in [1.29, 1.82) is 0 Å². The Labute approximate surface area is 143 Å². The van der Waals surface area contributed by atoms with Crippen LogP contribution in [0.2, 0.25) is 0 Å². The molecule has 0 atom stereocenters. The third-order valence-corrected chi connectivity index (χ3v) is 3.74. The Bertz CT molecular complexity index is 1010. The molecule has 1 N–H and O–H groups in total. The number of rotatable bonds is 4. The van der Waals surface area contributed by atoms with Crippen LogP contribution in [0.4, 0.5) is 5.69 Å². The molecular weight excluding hydrogens is 322 g/mol. The summed E-state index contributed by atoms with van der Waals surface area (Å²) in [7, 11) is 3.00. The van der Waals surface area contributed by atoms with Gasteiger partial charge in [-0.3, -0.25) is 14.0 Å². The first-order valence-electron chi connectivity index (χ1n) is 7.55. The summed E-state index contributed by atoms with van der Waals surface area (Å²) in [5, 5.41) is 2.60. The third kappa shape index (κ3) is 3.16. The fourth-order valence-corrected chi connectivity index (χ4v) is 2.44. The summed E-state index contributed by atoms with van der Waals surface area (Å²) in [5.41, 5.74) is 1.52. The first kappa shape index (κ1) is 16.5. The summed E-state index contributed by atoms with van der Waals surface area (Å²) in [6, 6.07) is 8.38. The summed E-state index contributed by atoms with van der Waals surface area (Å²) >= 11 is 0. The van der Waals surface area contributed by atoms with Crippen molar-refractivity contribution in [3.05, 3.63) is 64.2 Å². The van der Waals surface area contributed by atoms with Gasteiger partial charge in [-0.2, -0.15) is 0 Å². The predicted molar refractivity (Wildman–Crippen MR) is 93.7 cm³/mol. The van der Waals surface area contributed by atoms with Crippen molar-refractivity contribution in [2.75, 3.05) is 19.5 Å². The molecule has 0 aliphatic heterocycles. The van der Waals surface area contributed by atoms with Gasteiger partial charge in [0.25, 0.3) is 11.5 Å². The Kier molecular flexibility index (Phi) is 4.38. The molecule has 0 aliphatic carbocycles. The van der Waals surface area contributed by atoms with Crippen LogP contribution in [0.3, 0.4) is 0 Å². The zero-order valence-electron chi connectivity index (χ0n) is 14.1. The van der Waals surface area contributed by atoms with E-state index in [-0.39, 0.29) is 11.2 Å². The van der Waals surface area contributed by atoms with Crippen LogP contribution in [0.1, 0.15) is 15.9 Å². The van der Waals surface area contributed by atoms with Crippen LogP contribution in [-0.4, -0.2) is 29.5 Å². The fourth-order valence-electron chi connectivity index (χ4n) is 2.44. The lowest BCUT2D eigenvalue weighted by Crippen LogP contribution is -2.23. The monoisotopic (exact) mass is 339 g/mol. The first-order chi connectivity index (χ1) is 12.0. The summed E-state index contributed by atoms with van der Waals surface area (Å²) in [5.74, 6) is 0.508. The van der Waals surface area contributed by atoms with E-state index in [9.17, 15) is 9.59 Å². The molecule has 0 fully saturated rings. The summed E-state index contributed by atoms with van der Waals surface area (Å²) in [6.07, 6.45) is 3.03. The maximum absolute atomic E-state index is 12.5. The van der Waals surface area contributed by atoms with E-state index in [2.05, 4.69) is 10.3 Å². The minimum Gasteiger partial charge on any atom is -0.493 e. The average molecular weight is 339 g/mol. The minimum atomic E-state index is -0.438. The topological polar surface area (TPSA) is 81.9 Å². The molecule has 2 heterocycles. The molecular formula is C18H17N3O4. The molecule has 7 heteroatoms. The number of pyridine rings is 1. The minimum absolute atomic E-state index is 0.0999. The van der Waals surface area contributed by atoms with Crippen molar-refractivity contribution in [3.63, 3.8) is 0 Å². The Hall–Kier alpha value is -3.35. The maximum atomic E-state index is 12.5. The van der Waals surface area contributed by atoms with Crippen LogP contribution in [-0.2, 0) is 0 Å². The number of aromatic nitrogens is 2. The quantitative estimate of drug-likeness (QED) is 0.788. The van der Waals surface area contributed by atoms with E-state index < -0.39 is 5.91 Å². The lowest BCUT2D eigenvalue weighted by molar-refractivity contribution is 0.102. The van der Waals surface area contributed by atoms with E-state index in [0.717, 1.165) is 5.56 Å². The van der Waals surface area contributed by atoms with Crippen LogP contribution in [0.5, 0.6) is 11.5 Å². The smallest absolute Gasteiger partial charge is 0.281 e. The fraction of sp³-hybridized carbons (Fsp3) is 0.167. The van der Waals surface area contributed by atoms with Crippen LogP contribution < -0.4 is 20.3 Å². The lowest BCUT2D eigenvalue weighted by atomic mass is 10.2. The van der Waals surface area contributed by atoms with Gasteiger partial charge >= 0.3 is 0 Å². The number of amides is 1. The highest BCUT2D eigenvalue weighted by molar-refractivity contribution is 6.04. The molecule has 0 spiro atoms. The molecule has 1 amide bonds. The highest BCUT2D eigenvalue weighted by atomic mass is 16.5. The molecule has 3 rings (SSSR count). The van der Waals surface area contributed by atoms with E-state index in [1.165, 1.54) is 24.8 Å². The summed E-state index contributed by atoms with van der Waals surface area (Å²) in [4.78, 5) is 29.2. The number of methoxy groups -OCH3 is 2. The number of anilines is 1. The standard InChI is InChI=1S/C18H17N3O4/c1-11-4-7-16-19-9-13(18(23)21(16)10-11)20-17(22)12-5-6-14(24-2)15(8-12)25-3/h4-10H,1-3H3,(H,20,22). The number of carbonyl (C=O) groups is 1. The van der Waals surface area contributed by atoms with E-state index in [4.69, 9.17) is 9.47 Å². The Morgan fingerprint density at radius 3 is 2.60 bits per heavy atom. The average Bonchev–Trinajstić information content (AvgIpc) is 2.63. The molecule has 0 saturated carbocycles. The second kappa shape index (κ2) is 6.64. The van der Waals surface area contributed by atoms with Crippen LogP contribution >= 0.6 is 0 Å². The summed E-state index contributed by atoms with van der Waals surface area (Å²) < 4.78 is 11.7. The van der Waals surface area contributed by atoms with Crippen molar-refractivity contribution in [2.24, 2.45) is 0 Å². The molecule has 2 aromatic heterocycles. The van der Waals surface area contributed by atoms with Crippen molar-refractivity contribution < 1.29 is 14.3 Å². The number of nitrogens with zero attached hydrogens (tertiary/aromatic N) is 2. The zero-order valence-corrected chi connectivity index (χ0v) is 14.1. The van der Waals surface area contributed by atoms with Gasteiger partial charge in [-0.25, -0.2) is 4.98 Å². The van der Waals surface area contributed by atoms with Crippen molar-refractivity contribution in [1.82, 2.24) is 9.38 Å². The van der Waals surface area contributed by atoms with Gasteiger partial charge < -0.3 is 14.8 Å². The van der Waals surface area contributed by atoms with Crippen LogP contribution in [0.15, 0.2) is 47.5 Å². The Morgan fingerprint density at radius 1 is 1.12 bits per heavy atom. The Balaban J connectivity index is 1.94. The number of benzene rings is 1. The molecule has 0 bridgehead atoms. The van der Waals surface area contributed by atoms with Crippen LogP contribution in [0.25, 0.3) is 5.65 Å². The van der Waals surface area contributed by atoms with E-state index >= 15 is 0 Å². The normalized spacial score (nSPS) is 10.5. The first-order valence-corrected chi connectivity index (χ1v) is 7.55. The number of carbonyl (C=O) groups excluding carboxylic acids is 1. The number of nitrogens with one attached hydrogen (secondary N) is 1.